The largest absolute Gasteiger partial charge is 0.493 e. The molecule has 0 aliphatic carbocycles. The predicted octanol–water partition coefficient (Wildman–Crippen LogP) is 3.61. The highest BCUT2D eigenvalue weighted by Crippen LogP contribution is 2.33. The van der Waals surface area contributed by atoms with Gasteiger partial charge in [-0.05, 0) is 19.1 Å². The maximum Gasteiger partial charge on any atom is 0.316 e. The second-order valence-corrected chi connectivity index (χ2v) is 6.58. The molecule has 0 atom stereocenters. The van der Waals surface area contributed by atoms with Crippen molar-refractivity contribution < 1.29 is 19.0 Å². The molecule has 2 aromatic carbocycles. The molecule has 0 aliphatic rings. The lowest BCUT2D eigenvalue weighted by Crippen LogP contribution is -2.08. The second-order valence-electron chi connectivity index (χ2n) is 5.64. The van der Waals surface area contributed by atoms with Crippen molar-refractivity contribution >= 4 is 17.7 Å². The maximum absolute atomic E-state index is 11.8. The number of ether oxygens (including phenoxy) is 3. The number of carbonyl (C=O) groups is 1. The third-order valence-corrected chi connectivity index (χ3v) is 4.82. The van der Waals surface area contributed by atoms with E-state index in [1.54, 1.807) is 21.1 Å². The van der Waals surface area contributed by atoms with Crippen molar-refractivity contribution in [3.8, 4) is 28.6 Å². The van der Waals surface area contributed by atoms with E-state index in [9.17, 15) is 4.79 Å². The number of hydrogen-bond donors (Lipinski definition) is 0. The van der Waals surface area contributed by atoms with Gasteiger partial charge in [0.15, 0.2) is 22.5 Å². The van der Waals surface area contributed by atoms with Crippen molar-refractivity contribution in [1.82, 2.24) is 14.8 Å². The zero-order valence-corrected chi connectivity index (χ0v) is 16.7. The van der Waals surface area contributed by atoms with Gasteiger partial charge in [-0.3, -0.25) is 9.36 Å². The number of carbonyl (C=O) groups excluding carboxylic acids is 1. The monoisotopic (exact) mass is 399 g/mol. The SMILES string of the molecule is CCOC(=O)CSc1nnc(-c2ccccc2)n1-c1ccc(OC)c(OC)c1. The van der Waals surface area contributed by atoms with E-state index in [0.29, 0.717) is 29.1 Å². The van der Waals surface area contributed by atoms with Crippen molar-refractivity contribution in [3.05, 3.63) is 48.5 Å². The van der Waals surface area contributed by atoms with E-state index < -0.39 is 0 Å². The van der Waals surface area contributed by atoms with Crippen molar-refractivity contribution in [2.75, 3.05) is 26.6 Å². The molecule has 0 spiro atoms. The summed E-state index contributed by atoms with van der Waals surface area (Å²) in [5, 5.41) is 9.23. The van der Waals surface area contributed by atoms with E-state index in [2.05, 4.69) is 10.2 Å². The van der Waals surface area contributed by atoms with E-state index in [0.717, 1.165) is 11.3 Å². The molecule has 0 unspecified atom stereocenters. The van der Waals surface area contributed by atoms with Crippen LogP contribution in [-0.4, -0.2) is 47.3 Å². The first-order valence-corrected chi connectivity index (χ1v) is 9.68. The Kier molecular flexibility index (Phi) is 6.54. The number of thioether (sulfide) groups is 1. The van der Waals surface area contributed by atoms with Crippen molar-refractivity contribution in [1.29, 1.82) is 0 Å². The first-order chi connectivity index (χ1) is 13.7. The highest BCUT2D eigenvalue weighted by Gasteiger charge is 2.19. The number of benzene rings is 2. The molecular formula is C20H21N3O4S. The Labute approximate surface area is 167 Å². The third kappa shape index (κ3) is 4.28. The average molecular weight is 399 g/mol. The van der Waals surface area contributed by atoms with Gasteiger partial charge in [0.25, 0.3) is 0 Å². The summed E-state index contributed by atoms with van der Waals surface area (Å²) in [4.78, 5) is 11.8. The van der Waals surface area contributed by atoms with Crippen LogP contribution < -0.4 is 9.47 Å². The molecule has 146 valence electrons. The van der Waals surface area contributed by atoms with Crippen molar-refractivity contribution in [3.63, 3.8) is 0 Å². The second kappa shape index (κ2) is 9.27. The van der Waals surface area contributed by atoms with E-state index in [-0.39, 0.29) is 11.7 Å². The van der Waals surface area contributed by atoms with E-state index in [4.69, 9.17) is 14.2 Å². The van der Waals surface area contributed by atoms with Gasteiger partial charge in [-0.25, -0.2) is 0 Å². The van der Waals surface area contributed by atoms with Crippen LogP contribution in [0.2, 0.25) is 0 Å². The van der Waals surface area contributed by atoms with E-state index >= 15 is 0 Å². The van der Waals surface area contributed by atoms with Gasteiger partial charge >= 0.3 is 5.97 Å². The van der Waals surface area contributed by atoms with Crippen LogP contribution in [0.3, 0.4) is 0 Å². The molecule has 3 aromatic rings. The summed E-state index contributed by atoms with van der Waals surface area (Å²) in [7, 11) is 3.18. The molecule has 0 N–H and O–H groups in total. The minimum Gasteiger partial charge on any atom is -0.493 e. The Bertz CT molecular complexity index is 944. The molecule has 0 saturated heterocycles. The summed E-state index contributed by atoms with van der Waals surface area (Å²) in [6, 6.07) is 15.3. The summed E-state index contributed by atoms with van der Waals surface area (Å²) in [5.74, 6) is 1.73. The summed E-state index contributed by atoms with van der Waals surface area (Å²) >= 11 is 1.27. The van der Waals surface area contributed by atoms with Crippen molar-refractivity contribution in [2.24, 2.45) is 0 Å². The Morgan fingerprint density at radius 2 is 1.79 bits per heavy atom. The van der Waals surface area contributed by atoms with Crippen LogP contribution in [0, 0.1) is 0 Å². The van der Waals surface area contributed by atoms with E-state index in [1.807, 2.05) is 53.1 Å². The highest BCUT2D eigenvalue weighted by atomic mass is 32.2. The van der Waals surface area contributed by atoms with Gasteiger partial charge < -0.3 is 14.2 Å². The Morgan fingerprint density at radius 3 is 2.46 bits per heavy atom. The maximum atomic E-state index is 11.8. The Balaban J connectivity index is 2.05. The fourth-order valence-corrected chi connectivity index (χ4v) is 3.41. The smallest absolute Gasteiger partial charge is 0.316 e. The third-order valence-electron chi connectivity index (χ3n) is 3.92. The summed E-state index contributed by atoms with van der Waals surface area (Å²) in [6.45, 7) is 2.12. The number of hydrogen-bond acceptors (Lipinski definition) is 7. The molecule has 0 amide bonds. The van der Waals surface area contributed by atoms with Gasteiger partial charge in [-0.1, -0.05) is 42.1 Å². The molecule has 8 heteroatoms. The summed E-state index contributed by atoms with van der Waals surface area (Å²) in [5.41, 5.74) is 1.71. The lowest BCUT2D eigenvalue weighted by Gasteiger charge is -2.13. The minimum atomic E-state index is -0.296. The van der Waals surface area contributed by atoms with Crippen LogP contribution >= 0.6 is 11.8 Å². The van der Waals surface area contributed by atoms with Gasteiger partial charge in [0.2, 0.25) is 0 Å². The number of aromatic nitrogens is 3. The molecule has 0 saturated carbocycles. The van der Waals surface area contributed by atoms with Gasteiger partial charge in [0.05, 0.1) is 32.3 Å². The van der Waals surface area contributed by atoms with Crippen LogP contribution in [0.4, 0.5) is 0 Å². The summed E-state index contributed by atoms with van der Waals surface area (Å²) in [6.07, 6.45) is 0. The van der Waals surface area contributed by atoms with Gasteiger partial charge in [0.1, 0.15) is 0 Å². The predicted molar refractivity (Wildman–Crippen MR) is 107 cm³/mol. The average Bonchev–Trinajstić information content (AvgIpc) is 3.16. The quantitative estimate of drug-likeness (QED) is 0.423. The zero-order valence-electron chi connectivity index (χ0n) is 15.9. The van der Waals surface area contributed by atoms with Crippen LogP contribution in [0.15, 0.2) is 53.7 Å². The van der Waals surface area contributed by atoms with Crippen LogP contribution in [0.25, 0.3) is 17.1 Å². The molecule has 1 heterocycles. The standard InChI is InChI=1S/C20H21N3O4S/c1-4-27-18(24)13-28-20-22-21-19(14-8-6-5-7-9-14)23(20)15-10-11-16(25-2)17(12-15)26-3/h5-12H,4,13H2,1-3H3. The summed E-state index contributed by atoms with van der Waals surface area (Å²) < 4.78 is 17.7. The Morgan fingerprint density at radius 1 is 1.04 bits per heavy atom. The van der Waals surface area contributed by atoms with Crippen LogP contribution in [-0.2, 0) is 9.53 Å². The molecule has 0 fully saturated rings. The van der Waals surface area contributed by atoms with Gasteiger partial charge in [0, 0.05) is 11.6 Å². The minimum absolute atomic E-state index is 0.147. The van der Waals surface area contributed by atoms with Gasteiger partial charge in [-0.2, -0.15) is 0 Å². The number of rotatable bonds is 8. The first kappa shape index (κ1) is 19.8. The van der Waals surface area contributed by atoms with E-state index in [1.165, 1.54) is 11.8 Å². The number of methoxy groups -OCH3 is 2. The van der Waals surface area contributed by atoms with Crippen LogP contribution in [0.5, 0.6) is 11.5 Å². The fraction of sp³-hybridized carbons (Fsp3) is 0.250. The number of esters is 1. The topological polar surface area (TPSA) is 75.5 Å². The molecule has 1 aromatic heterocycles. The zero-order chi connectivity index (χ0) is 19.9. The first-order valence-electron chi connectivity index (χ1n) is 8.69. The van der Waals surface area contributed by atoms with Crippen LogP contribution in [0.1, 0.15) is 6.92 Å². The van der Waals surface area contributed by atoms with Crippen molar-refractivity contribution in [2.45, 2.75) is 12.1 Å². The lowest BCUT2D eigenvalue weighted by atomic mass is 10.2. The highest BCUT2D eigenvalue weighted by molar-refractivity contribution is 7.99. The van der Waals surface area contributed by atoms with Gasteiger partial charge in [-0.15, -0.1) is 10.2 Å². The molecular weight excluding hydrogens is 378 g/mol. The molecule has 0 aliphatic heterocycles. The Hall–Kier alpha value is -3.00. The molecule has 7 nitrogen and oxygen atoms in total. The normalized spacial score (nSPS) is 10.5. The molecule has 0 radical (unpaired) electrons. The lowest BCUT2D eigenvalue weighted by molar-refractivity contribution is -0.139. The molecule has 3 rings (SSSR count). The fourth-order valence-electron chi connectivity index (χ4n) is 2.66. The molecule has 28 heavy (non-hydrogen) atoms. The number of nitrogens with zero attached hydrogens (tertiary/aromatic N) is 3. The molecule has 0 bridgehead atoms.